The van der Waals surface area contributed by atoms with Crippen molar-refractivity contribution < 1.29 is 0 Å². The molecule has 0 saturated carbocycles. The zero-order valence-electron chi connectivity index (χ0n) is 9.26. The molecule has 0 amide bonds. The Morgan fingerprint density at radius 3 is 1.46 bits per heavy atom. The van der Waals surface area contributed by atoms with Gasteiger partial charge in [0.25, 0.3) is 0 Å². The Balaban J connectivity index is 3.23. The van der Waals surface area contributed by atoms with Crippen LogP contribution in [0.5, 0.6) is 0 Å². The van der Waals surface area contributed by atoms with E-state index in [1.165, 1.54) is 19.5 Å². The van der Waals surface area contributed by atoms with Gasteiger partial charge in [0.2, 0.25) is 0 Å². The maximum atomic E-state index is 3.84. The molecule has 0 aliphatic heterocycles. The Morgan fingerprint density at radius 1 is 0.769 bits per heavy atom. The molecule has 2 radical (unpaired) electrons. The highest BCUT2D eigenvalue weighted by Gasteiger charge is 1.98. The van der Waals surface area contributed by atoms with Gasteiger partial charge in [-0.15, -0.1) is 0 Å². The van der Waals surface area contributed by atoms with E-state index in [1.54, 1.807) is 0 Å². The summed E-state index contributed by atoms with van der Waals surface area (Å²) in [5, 5.41) is 0. The molecule has 0 spiro atoms. The van der Waals surface area contributed by atoms with E-state index in [4.69, 9.17) is 0 Å². The summed E-state index contributed by atoms with van der Waals surface area (Å²) in [5.74, 6) is 0. The van der Waals surface area contributed by atoms with Gasteiger partial charge >= 0.3 is 0 Å². The van der Waals surface area contributed by atoms with Crippen molar-refractivity contribution in [3.8, 4) is 0 Å². The zero-order chi connectivity index (χ0) is 10.1. The first-order chi connectivity index (χ1) is 6.20. The largest absolute Gasteiger partial charge is 0.306 e. The van der Waals surface area contributed by atoms with Gasteiger partial charge < -0.3 is 9.80 Å². The number of hydrogen-bond donors (Lipinski definition) is 0. The standard InChI is InChI=1S/C11H24N2/c1-5-8-12(3)10-7-11-13(4)9-6-2/h1-2,5-11H2,3-4H3. The van der Waals surface area contributed by atoms with Crippen molar-refractivity contribution in [2.24, 2.45) is 0 Å². The molecular weight excluding hydrogens is 160 g/mol. The monoisotopic (exact) mass is 184 g/mol. The lowest BCUT2D eigenvalue weighted by Gasteiger charge is -2.19. The van der Waals surface area contributed by atoms with Crippen LogP contribution in [-0.4, -0.2) is 50.1 Å². The third kappa shape index (κ3) is 8.26. The van der Waals surface area contributed by atoms with Crippen LogP contribution in [0.3, 0.4) is 0 Å². The second-order valence-electron chi connectivity index (χ2n) is 3.67. The highest BCUT2D eigenvalue weighted by molar-refractivity contribution is 4.57. The molecule has 2 nitrogen and oxygen atoms in total. The van der Waals surface area contributed by atoms with Crippen molar-refractivity contribution in [2.45, 2.75) is 19.3 Å². The van der Waals surface area contributed by atoms with Crippen LogP contribution in [0.25, 0.3) is 0 Å². The Morgan fingerprint density at radius 2 is 1.15 bits per heavy atom. The smallest absolute Gasteiger partial charge is 0.000960 e. The van der Waals surface area contributed by atoms with Crippen molar-refractivity contribution in [1.82, 2.24) is 9.80 Å². The van der Waals surface area contributed by atoms with E-state index in [-0.39, 0.29) is 0 Å². The Hall–Kier alpha value is -0.0800. The van der Waals surface area contributed by atoms with E-state index in [9.17, 15) is 0 Å². The van der Waals surface area contributed by atoms with E-state index in [1.807, 2.05) is 0 Å². The zero-order valence-corrected chi connectivity index (χ0v) is 9.26. The molecule has 0 N–H and O–H groups in total. The van der Waals surface area contributed by atoms with Crippen LogP contribution in [0.1, 0.15) is 19.3 Å². The van der Waals surface area contributed by atoms with Crippen LogP contribution in [-0.2, 0) is 0 Å². The number of hydrogen-bond acceptors (Lipinski definition) is 2. The molecule has 13 heavy (non-hydrogen) atoms. The molecule has 0 saturated heterocycles. The van der Waals surface area contributed by atoms with E-state index in [0.717, 1.165) is 25.9 Å². The fourth-order valence-corrected chi connectivity index (χ4v) is 1.37. The third-order valence-corrected chi connectivity index (χ3v) is 2.16. The average Bonchev–Trinajstić information content (AvgIpc) is 2.05. The maximum Gasteiger partial charge on any atom is -0.000960 e. The molecular formula is C11H24N2. The molecule has 0 aliphatic carbocycles. The molecule has 0 bridgehead atoms. The molecule has 0 aromatic rings. The van der Waals surface area contributed by atoms with E-state index >= 15 is 0 Å². The van der Waals surface area contributed by atoms with Crippen LogP contribution in [0.15, 0.2) is 0 Å². The summed E-state index contributed by atoms with van der Waals surface area (Å²) in [6, 6.07) is 0. The van der Waals surface area contributed by atoms with Crippen LogP contribution in [0.2, 0.25) is 0 Å². The SMILES string of the molecule is [CH2]CCN(C)CCCN(C)CC[CH2]. The Bertz CT molecular complexity index is 92.3. The van der Waals surface area contributed by atoms with Gasteiger partial charge in [0, 0.05) is 0 Å². The first-order valence-corrected chi connectivity index (χ1v) is 5.16. The molecule has 0 heterocycles. The minimum Gasteiger partial charge on any atom is -0.306 e. The molecule has 78 valence electrons. The van der Waals surface area contributed by atoms with Gasteiger partial charge in [0.1, 0.15) is 0 Å². The van der Waals surface area contributed by atoms with E-state index in [2.05, 4.69) is 37.7 Å². The lowest BCUT2D eigenvalue weighted by Crippen LogP contribution is -2.26. The predicted molar refractivity (Wildman–Crippen MR) is 59.6 cm³/mol. The van der Waals surface area contributed by atoms with Crippen molar-refractivity contribution in [3.63, 3.8) is 0 Å². The average molecular weight is 184 g/mol. The minimum atomic E-state index is 1.01. The van der Waals surface area contributed by atoms with Crippen LogP contribution < -0.4 is 0 Å². The summed E-state index contributed by atoms with van der Waals surface area (Å²) < 4.78 is 0. The fraction of sp³-hybridized carbons (Fsp3) is 0.818. The molecule has 0 aromatic heterocycles. The van der Waals surface area contributed by atoms with Crippen LogP contribution in [0, 0.1) is 13.8 Å². The summed E-state index contributed by atoms with van der Waals surface area (Å²) >= 11 is 0. The van der Waals surface area contributed by atoms with Crippen molar-refractivity contribution in [1.29, 1.82) is 0 Å². The van der Waals surface area contributed by atoms with Gasteiger partial charge in [-0.3, -0.25) is 0 Å². The normalized spacial score (nSPS) is 11.5. The van der Waals surface area contributed by atoms with Gasteiger partial charge in [-0.2, -0.15) is 0 Å². The second kappa shape index (κ2) is 8.52. The number of nitrogens with zero attached hydrogens (tertiary/aromatic N) is 2. The van der Waals surface area contributed by atoms with Crippen molar-refractivity contribution >= 4 is 0 Å². The molecule has 2 heteroatoms. The first kappa shape index (κ1) is 12.9. The quantitative estimate of drug-likeness (QED) is 0.566. The molecule has 0 aromatic carbocycles. The Labute approximate surface area is 83.9 Å². The summed E-state index contributed by atoms with van der Waals surface area (Å²) in [4.78, 5) is 4.68. The molecule has 0 rings (SSSR count). The van der Waals surface area contributed by atoms with Gasteiger partial charge in [0.05, 0.1) is 0 Å². The van der Waals surface area contributed by atoms with Gasteiger partial charge in [0.15, 0.2) is 0 Å². The maximum absolute atomic E-state index is 3.84. The molecule has 0 atom stereocenters. The summed E-state index contributed by atoms with van der Waals surface area (Å²) in [6.07, 6.45) is 3.25. The topological polar surface area (TPSA) is 6.48 Å². The predicted octanol–water partition coefficient (Wildman–Crippen LogP) is 1.69. The van der Waals surface area contributed by atoms with Crippen molar-refractivity contribution in [3.05, 3.63) is 13.8 Å². The molecule has 0 aliphatic rings. The molecule has 0 fully saturated rings. The summed E-state index contributed by atoms with van der Waals surface area (Å²) in [5.41, 5.74) is 0. The lowest BCUT2D eigenvalue weighted by molar-refractivity contribution is 0.283. The number of rotatable bonds is 8. The van der Waals surface area contributed by atoms with E-state index in [0.29, 0.717) is 0 Å². The lowest BCUT2D eigenvalue weighted by atomic mass is 10.3. The minimum absolute atomic E-state index is 1.01. The highest BCUT2D eigenvalue weighted by Crippen LogP contribution is 1.93. The van der Waals surface area contributed by atoms with Crippen LogP contribution in [0.4, 0.5) is 0 Å². The fourth-order valence-electron chi connectivity index (χ4n) is 1.37. The van der Waals surface area contributed by atoms with Gasteiger partial charge in [-0.1, -0.05) is 13.8 Å². The van der Waals surface area contributed by atoms with Gasteiger partial charge in [-0.25, -0.2) is 0 Å². The molecule has 0 unspecified atom stereocenters. The van der Waals surface area contributed by atoms with Crippen LogP contribution >= 0.6 is 0 Å². The van der Waals surface area contributed by atoms with E-state index < -0.39 is 0 Å². The second-order valence-corrected chi connectivity index (χ2v) is 3.67. The van der Waals surface area contributed by atoms with Crippen molar-refractivity contribution in [2.75, 3.05) is 40.3 Å². The van der Waals surface area contributed by atoms with Gasteiger partial charge in [-0.05, 0) is 59.5 Å². The Kier molecular flexibility index (Phi) is 8.46. The third-order valence-electron chi connectivity index (χ3n) is 2.16. The highest BCUT2D eigenvalue weighted by atomic mass is 15.1. The summed E-state index contributed by atoms with van der Waals surface area (Å²) in [7, 11) is 4.32. The first-order valence-electron chi connectivity index (χ1n) is 5.16. The summed E-state index contributed by atoms with van der Waals surface area (Å²) in [6.45, 7) is 12.3.